The second-order valence-electron chi connectivity index (χ2n) is 5.20. The molecule has 0 spiro atoms. The summed E-state index contributed by atoms with van der Waals surface area (Å²) in [4.78, 5) is 0. The van der Waals surface area contributed by atoms with Gasteiger partial charge in [0.1, 0.15) is 0 Å². The Morgan fingerprint density at radius 3 is 2.05 bits per heavy atom. The molecule has 2 aromatic rings. The summed E-state index contributed by atoms with van der Waals surface area (Å²) in [7, 11) is 0. The monoisotopic (exact) mass is 302 g/mol. The van der Waals surface area contributed by atoms with Crippen LogP contribution < -0.4 is 22.5 Å². The van der Waals surface area contributed by atoms with E-state index in [1.807, 2.05) is 24.3 Å². The second kappa shape index (κ2) is 7.02. The van der Waals surface area contributed by atoms with Gasteiger partial charge in [-0.3, -0.25) is 0 Å². The van der Waals surface area contributed by atoms with Gasteiger partial charge in [-0.25, -0.2) is 0 Å². The zero-order chi connectivity index (χ0) is 16.1. The predicted octanol–water partition coefficient (Wildman–Crippen LogP) is 1.29. The van der Waals surface area contributed by atoms with E-state index >= 15 is 0 Å². The van der Waals surface area contributed by atoms with Crippen LogP contribution in [0, 0.1) is 0 Å². The van der Waals surface area contributed by atoms with E-state index in [-0.39, 0.29) is 6.42 Å². The largest absolute Gasteiger partial charge is 0.399 e. The summed E-state index contributed by atoms with van der Waals surface area (Å²) in [6, 6.07) is 10.9. The molecule has 0 radical (unpaired) electrons. The molecule has 0 saturated heterocycles. The quantitative estimate of drug-likeness (QED) is 0.352. The van der Waals surface area contributed by atoms with Gasteiger partial charge in [0.15, 0.2) is 6.29 Å². The Hall–Kier alpha value is -2.44. The summed E-state index contributed by atoms with van der Waals surface area (Å²) in [5, 5.41) is 21.4. The van der Waals surface area contributed by atoms with Crippen molar-refractivity contribution < 1.29 is 10.2 Å². The first-order chi connectivity index (χ1) is 10.5. The Morgan fingerprint density at radius 1 is 0.864 bits per heavy atom. The molecular formula is C16H22N4O2. The van der Waals surface area contributed by atoms with E-state index in [1.54, 1.807) is 12.1 Å². The average molecular weight is 302 g/mol. The van der Waals surface area contributed by atoms with Crippen molar-refractivity contribution in [2.45, 2.75) is 25.7 Å². The van der Waals surface area contributed by atoms with Gasteiger partial charge in [-0.1, -0.05) is 0 Å². The number of nitrogens with one attached hydrogen (secondary N) is 1. The third-order valence-corrected chi connectivity index (χ3v) is 3.54. The minimum atomic E-state index is -1.36. The van der Waals surface area contributed by atoms with Gasteiger partial charge in [0.05, 0.1) is 0 Å². The van der Waals surface area contributed by atoms with Crippen LogP contribution in [0.25, 0.3) is 0 Å². The fourth-order valence-electron chi connectivity index (χ4n) is 2.30. The number of rotatable bonds is 6. The lowest BCUT2D eigenvalue weighted by Gasteiger charge is -2.17. The van der Waals surface area contributed by atoms with Gasteiger partial charge < -0.3 is 32.7 Å². The van der Waals surface area contributed by atoms with Crippen LogP contribution >= 0.6 is 0 Å². The van der Waals surface area contributed by atoms with Gasteiger partial charge >= 0.3 is 0 Å². The molecule has 0 aliphatic carbocycles. The van der Waals surface area contributed by atoms with Crippen LogP contribution in [-0.2, 0) is 13.0 Å². The van der Waals surface area contributed by atoms with E-state index in [0.29, 0.717) is 30.0 Å². The van der Waals surface area contributed by atoms with E-state index in [4.69, 9.17) is 27.4 Å². The summed E-state index contributed by atoms with van der Waals surface area (Å²) < 4.78 is 0. The first-order valence-electron chi connectivity index (χ1n) is 7.08. The second-order valence-corrected chi connectivity index (χ2v) is 5.20. The lowest BCUT2D eigenvalue weighted by atomic mass is 9.98. The lowest BCUT2D eigenvalue weighted by Crippen LogP contribution is -2.12. The summed E-state index contributed by atoms with van der Waals surface area (Å²) in [6.45, 7) is 0.498. The minimum absolute atomic E-state index is 0.211. The molecule has 0 amide bonds. The van der Waals surface area contributed by atoms with Crippen molar-refractivity contribution >= 4 is 22.7 Å². The van der Waals surface area contributed by atoms with Gasteiger partial charge in [-0.15, -0.1) is 0 Å². The Morgan fingerprint density at radius 2 is 1.45 bits per heavy atom. The number of hydrogen-bond acceptors (Lipinski definition) is 6. The fourth-order valence-corrected chi connectivity index (χ4v) is 2.30. The highest BCUT2D eigenvalue weighted by Gasteiger charge is 2.12. The summed E-state index contributed by atoms with van der Waals surface area (Å²) in [5.41, 5.74) is 22.3. The molecule has 0 aliphatic heterocycles. The number of aliphatic hydroxyl groups is 2. The third kappa shape index (κ3) is 4.03. The highest BCUT2D eigenvalue weighted by atomic mass is 16.5. The average Bonchev–Trinajstić information content (AvgIpc) is 2.48. The number of nitrogen functional groups attached to an aromatic ring is 3. The van der Waals surface area contributed by atoms with Gasteiger partial charge in [-0.05, 0) is 53.9 Å². The molecule has 0 atom stereocenters. The predicted molar refractivity (Wildman–Crippen MR) is 90.0 cm³/mol. The van der Waals surface area contributed by atoms with E-state index in [9.17, 15) is 0 Å². The minimum Gasteiger partial charge on any atom is -0.399 e. The van der Waals surface area contributed by atoms with Crippen LogP contribution in [0.3, 0.4) is 0 Å². The Labute approximate surface area is 129 Å². The molecule has 6 heteroatoms. The van der Waals surface area contributed by atoms with Crippen LogP contribution in [0.15, 0.2) is 36.4 Å². The van der Waals surface area contributed by atoms with Crippen LogP contribution in [0.1, 0.15) is 17.5 Å². The van der Waals surface area contributed by atoms with Gasteiger partial charge in [0.2, 0.25) is 0 Å². The highest BCUT2D eigenvalue weighted by molar-refractivity contribution is 5.63. The summed E-state index contributed by atoms with van der Waals surface area (Å²) >= 11 is 0. The standard InChI is InChI=1S/C16H22N4O2/c17-10-1-3-11(4-2-10)20-9-13-12(5-8-16(21)22)14(18)6-7-15(13)19/h1-4,6-7,16,20-22H,5,8-9,17-19H2. The molecule has 0 aliphatic rings. The van der Waals surface area contributed by atoms with Crippen LogP contribution in [0.4, 0.5) is 22.7 Å². The first-order valence-corrected chi connectivity index (χ1v) is 7.08. The fraction of sp³-hybridized carbons (Fsp3) is 0.250. The van der Waals surface area contributed by atoms with Crippen molar-refractivity contribution in [3.05, 3.63) is 47.5 Å². The van der Waals surface area contributed by atoms with Crippen molar-refractivity contribution in [3.63, 3.8) is 0 Å². The van der Waals surface area contributed by atoms with Crippen molar-refractivity contribution in [1.29, 1.82) is 0 Å². The maximum atomic E-state index is 9.05. The number of aliphatic hydroxyl groups excluding tert-OH is 1. The molecule has 0 bridgehead atoms. The Kier molecular flexibility index (Phi) is 5.08. The van der Waals surface area contributed by atoms with Crippen molar-refractivity contribution in [1.82, 2.24) is 0 Å². The maximum absolute atomic E-state index is 9.05. The number of benzene rings is 2. The summed E-state index contributed by atoms with van der Waals surface area (Å²) in [5.74, 6) is 0. The van der Waals surface area contributed by atoms with Gasteiger partial charge in [0, 0.05) is 35.7 Å². The molecule has 2 rings (SSSR count). The maximum Gasteiger partial charge on any atom is 0.151 e. The molecule has 0 fully saturated rings. The molecule has 9 N–H and O–H groups in total. The van der Waals surface area contributed by atoms with Gasteiger partial charge in [0.25, 0.3) is 0 Å². The number of anilines is 4. The first kappa shape index (κ1) is 15.9. The zero-order valence-electron chi connectivity index (χ0n) is 12.3. The molecule has 0 heterocycles. The SMILES string of the molecule is Nc1ccc(NCc2c(N)ccc(N)c2CCC(O)O)cc1. The number of nitrogens with two attached hydrogens (primary N) is 3. The molecule has 22 heavy (non-hydrogen) atoms. The van der Waals surface area contributed by atoms with Crippen LogP contribution in [0.5, 0.6) is 0 Å². The molecular weight excluding hydrogens is 280 g/mol. The van der Waals surface area contributed by atoms with Gasteiger partial charge in [-0.2, -0.15) is 0 Å². The van der Waals surface area contributed by atoms with E-state index < -0.39 is 6.29 Å². The Balaban J connectivity index is 2.17. The smallest absolute Gasteiger partial charge is 0.151 e. The molecule has 6 nitrogen and oxygen atoms in total. The van der Waals surface area contributed by atoms with Crippen molar-refractivity contribution in [2.75, 3.05) is 22.5 Å². The third-order valence-electron chi connectivity index (χ3n) is 3.54. The van der Waals surface area contributed by atoms with E-state index in [1.165, 1.54) is 0 Å². The van der Waals surface area contributed by atoms with Crippen molar-refractivity contribution in [2.24, 2.45) is 0 Å². The molecule has 118 valence electrons. The van der Waals surface area contributed by atoms with E-state index in [0.717, 1.165) is 16.8 Å². The number of hydrogen-bond donors (Lipinski definition) is 6. The van der Waals surface area contributed by atoms with Crippen LogP contribution in [-0.4, -0.2) is 16.5 Å². The molecule has 2 aromatic carbocycles. The molecule has 0 saturated carbocycles. The highest BCUT2D eigenvalue weighted by Crippen LogP contribution is 2.26. The topological polar surface area (TPSA) is 131 Å². The zero-order valence-corrected chi connectivity index (χ0v) is 12.3. The molecule has 0 aromatic heterocycles. The van der Waals surface area contributed by atoms with E-state index in [2.05, 4.69) is 5.32 Å². The Bertz CT molecular complexity index is 627. The van der Waals surface area contributed by atoms with Crippen LogP contribution in [0.2, 0.25) is 0 Å². The molecule has 0 unspecified atom stereocenters. The normalized spacial score (nSPS) is 10.9. The lowest BCUT2D eigenvalue weighted by molar-refractivity contribution is -0.0446. The van der Waals surface area contributed by atoms with Crippen molar-refractivity contribution in [3.8, 4) is 0 Å². The summed E-state index contributed by atoms with van der Waals surface area (Å²) in [6.07, 6.45) is -0.700.